The number of alkyl halides is 4. The lowest BCUT2D eigenvalue weighted by Crippen LogP contribution is -2.31. The van der Waals surface area contributed by atoms with Crippen LogP contribution in [0, 0.1) is 0 Å². The van der Waals surface area contributed by atoms with Gasteiger partial charge in [0.25, 0.3) is 0 Å². The van der Waals surface area contributed by atoms with Gasteiger partial charge in [0.15, 0.2) is 15.9 Å². The fraction of sp³-hybridized carbons (Fsp3) is 0.333. The van der Waals surface area contributed by atoms with Crippen molar-refractivity contribution >= 4 is 21.4 Å². The van der Waals surface area contributed by atoms with Gasteiger partial charge in [-0.05, 0) is 24.6 Å². The van der Waals surface area contributed by atoms with Crippen molar-refractivity contribution in [2.45, 2.75) is 29.5 Å². The van der Waals surface area contributed by atoms with E-state index in [-0.39, 0.29) is 22.0 Å². The van der Waals surface area contributed by atoms with Crippen LogP contribution >= 0.6 is 11.6 Å². The van der Waals surface area contributed by atoms with Crippen molar-refractivity contribution in [2.24, 2.45) is 0 Å². The molecular formula is C18H18ClF3O4S. The molecule has 0 aliphatic rings. The predicted octanol–water partition coefficient (Wildman–Crippen LogP) is 4.76. The Morgan fingerprint density at radius 1 is 1.07 bits per heavy atom. The van der Waals surface area contributed by atoms with E-state index in [4.69, 9.17) is 21.1 Å². The van der Waals surface area contributed by atoms with Gasteiger partial charge in [-0.25, -0.2) is 8.42 Å². The molecule has 0 fully saturated rings. The number of hydrogen-bond donors (Lipinski definition) is 0. The van der Waals surface area contributed by atoms with Crippen LogP contribution in [0.15, 0.2) is 47.4 Å². The molecule has 0 spiro atoms. The fourth-order valence-electron chi connectivity index (χ4n) is 2.45. The molecule has 0 saturated heterocycles. The first-order chi connectivity index (χ1) is 12.5. The average Bonchev–Trinajstić information content (AvgIpc) is 2.59. The summed E-state index contributed by atoms with van der Waals surface area (Å²) in [6, 6.07) is 10.8. The lowest BCUT2D eigenvalue weighted by Gasteiger charge is -2.24. The van der Waals surface area contributed by atoms with Crippen molar-refractivity contribution in [3.63, 3.8) is 0 Å². The van der Waals surface area contributed by atoms with E-state index in [2.05, 4.69) is 0 Å². The molecule has 1 unspecified atom stereocenters. The molecule has 0 heterocycles. The maximum absolute atomic E-state index is 13.0. The summed E-state index contributed by atoms with van der Waals surface area (Å²) < 4.78 is 73.3. The zero-order valence-corrected chi connectivity index (χ0v) is 16.3. The number of benzene rings is 2. The summed E-state index contributed by atoms with van der Waals surface area (Å²) in [6.45, 7) is 0.854. The van der Waals surface area contributed by atoms with Crippen LogP contribution in [0.1, 0.15) is 23.4 Å². The minimum absolute atomic E-state index is 0.0180. The Balaban J connectivity index is 2.70. The molecule has 0 saturated carbocycles. The maximum atomic E-state index is 13.0. The Kier molecular flexibility index (Phi) is 6.32. The second kappa shape index (κ2) is 7.98. The van der Waals surface area contributed by atoms with Crippen LogP contribution in [-0.4, -0.2) is 34.1 Å². The fourth-order valence-corrected chi connectivity index (χ4v) is 3.65. The Morgan fingerprint density at radius 3 is 2.15 bits per heavy atom. The molecule has 148 valence electrons. The summed E-state index contributed by atoms with van der Waals surface area (Å²) in [5.41, 5.74) is 0.567. The van der Waals surface area contributed by atoms with E-state index >= 15 is 0 Å². The van der Waals surface area contributed by atoms with Crippen molar-refractivity contribution in [1.82, 2.24) is 0 Å². The standard InChI is InChI=1S/C18H18ClF3O4S/c1-11(18(20,21)22)26-13-9-10-14(27(3,23)24)17(25-2)15(13)16(19)12-7-5-4-6-8-12/h4-11,16H,1-3H3/t11?,16-/m0/s1. The van der Waals surface area contributed by atoms with Crippen molar-refractivity contribution in [3.05, 3.63) is 53.6 Å². The van der Waals surface area contributed by atoms with Gasteiger partial charge in [-0.2, -0.15) is 13.2 Å². The van der Waals surface area contributed by atoms with Gasteiger partial charge in [0.05, 0.1) is 18.1 Å². The van der Waals surface area contributed by atoms with Crippen molar-refractivity contribution in [2.75, 3.05) is 13.4 Å². The van der Waals surface area contributed by atoms with Crippen LogP contribution in [0.5, 0.6) is 11.5 Å². The molecule has 2 aromatic rings. The zero-order valence-electron chi connectivity index (χ0n) is 14.7. The van der Waals surface area contributed by atoms with Crippen molar-refractivity contribution in [1.29, 1.82) is 0 Å². The largest absolute Gasteiger partial charge is 0.495 e. The Hall–Kier alpha value is -1.93. The Morgan fingerprint density at radius 2 is 1.67 bits per heavy atom. The number of methoxy groups -OCH3 is 1. The maximum Gasteiger partial charge on any atom is 0.425 e. The van der Waals surface area contributed by atoms with Crippen molar-refractivity contribution in [3.8, 4) is 11.5 Å². The van der Waals surface area contributed by atoms with Gasteiger partial charge in [-0.1, -0.05) is 30.3 Å². The molecule has 2 rings (SSSR count). The van der Waals surface area contributed by atoms with Crippen LogP contribution in [0.4, 0.5) is 13.2 Å². The number of rotatable bonds is 6. The lowest BCUT2D eigenvalue weighted by molar-refractivity contribution is -0.189. The molecule has 0 N–H and O–H groups in total. The van der Waals surface area contributed by atoms with Gasteiger partial charge >= 0.3 is 6.18 Å². The van der Waals surface area contributed by atoms with E-state index in [0.29, 0.717) is 5.56 Å². The third kappa shape index (κ3) is 4.87. The second-order valence-electron chi connectivity index (χ2n) is 5.86. The highest BCUT2D eigenvalue weighted by Gasteiger charge is 2.39. The molecule has 9 heteroatoms. The average molecular weight is 423 g/mol. The molecule has 27 heavy (non-hydrogen) atoms. The summed E-state index contributed by atoms with van der Waals surface area (Å²) >= 11 is 6.50. The first kappa shape index (κ1) is 21.4. The van der Waals surface area contributed by atoms with Gasteiger partial charge in [0, 0.05) is 6.26 Å². The minimum Gasteiger partial charge on any atom is -0.495 e. The van der Waals surface area contributed by atoms with E-state index < -0.39 is 27.5 Å². The molecule has 0 aromatic heterocycles. The molecule has 0 aliphatic carbocycles. The highest BCUT2D eigenvalue weighted by atomic mass is 35.5. The van der Waals surface area contributed by atoms with E-state index in [0.717, 1.165) is 25.3 Å². The van der Waals surface area contributed by atoms with Gasteiger partial charge in [0.1, 0.15) is 16.4 Å². The van der Waals surface area contributed by atoms with Gasteiger partial charge < -0.3 is 9.47 Å². The van der Waals surface area contributed by atoms with E-state index in [1.807, 2.05) is 0 Å². The number of ether oxygens (including phenoxy) is 2. The van der Waals surface area contributed by atoms with E-state index in [1.165, 1.54) is 7.11 Å². The van der Waals surface area contributed by atoms with Crippen LogP contribution in [0.3, 0.4) is 0 Å². The summed E-state index contributed by atoms with van der Waals surface area (Å²) in [6.07, 6.45) is -5.75. The van der Waals surface area contributed by atoms with Gasteiger partial charge in [0.2, 0.25) is 0 Å². The Labute approximate surface area is 160 Å². The molecule has 2 atom stereocenters. The highest BCUT2D eigenvalue weighted by molar-refractivity contribution is 7.90. The predicted molar refractivity (Wildman–Crippen MR) is 96.4 cm³/mol. The molecular weight excluding hydrogens is 405 g/mol. The normalized spacial score (nSPS) is 14.5. The monoisotopic (exact) mass is 422 g/mol. The second-order valence-corrected chi connectivity index (χ2v) is 8.28. The van der Waals surface area contributed by atoms with Crippen LogP contribution in [0.25, 0.3) is 0 Å². The summed E-state index contributed by atoms with van der Waals surface area (Å²) in [7, 11) is -2.50. The van der Waals surface area contributed by atoms with Crippen LogP contribution < -0.4 is 9.47 Å². The molecule has 0 aliphatic heterocycles. The first-order valence-corrected chi connectivity index (χ1v) is 10.1. The van der Waals surface area contributed by atoms with Gasteiger partial charge in [-0.3, -0.25) is 0 Å². The molecule has 0 amide bonds. The summed E-state index contributed by atoms with van der Waals surface area (Å²) in [5, 5.41) is -0.988. The Bertz CT molecular complexity index is 899. The zero-order chi connectivity index (χ0) is 20.4. The third-order valence-corrected chi connectivity index (χ3v) is 5.42. The van der Waals surface area contributed by atoms with E-state index in [1.54, 1.807) is 30.3 Å². The topological polar surface area (TPSA) is 52.6 Å². The molecule has 4 nitrogen and oxygen atoms in total. The number of sulfone groups is 1. The summed E-state index contributed by atoms with van der Waals surface area (Å²) in [4.78, 5) is -0.186. The van der Waals surface area contributed by atoms with Crippen LogP contribution in [-0.2, 0) is 9.84 Å². The van der Waals surface area contributed by atoms with E-state index in [9.17, 15) is 21.6 Å². The van der Waals surface area contributed by atoms with Crippen LogP contribution in [0.2, 0.25) is 0 Å². The number of halogens is 4. The van der Waals surface area contributed by atoms with Crippen molar-refractivity contribution < 1.29 is 31.1 Å². The molecule has 0 radical (unpaired) electrons. The summed E-state index contributed by atoms with van der Waals surface area (Å²) in [5.74, 6) is -0.346. The highest BCUT2D eigenvalue weighted by Crippen LogP contribution is 2.45. The third-order valence-electron chi connectivity index (χ3n) is 3.83. The quantitative estimate of drug-likeness (QED) is 0.630. The number of hydrogen-bond acceptors (Lipinski definition) is 4. The molecule has 2 aromatic carbocycles. The molecule has 0 bridgehead atoms. The first-order valence-electron chi connectivity index (χ1n) is 7.80. The lowest BCUT2D eigenvalue weighted by atomic mass is 10.0. The minimum atomic E-state index is -4.60. The van der Waals surface area contributed by atoms with Gasteiger partial charge in [-0.15, -0.1) is 11.6 Å². The smallest absolute Gasteiger partial charge is 0.425 e. The SMILES string of the molecule is COc1c(S(C)(=O)=O)ccc(OC(C)C(F)(F)F)c1[C@@H](Cl)c1ccccc1.